The first-order valence-corrected chi connectivity index (χ1v) is 8.50. The molecule has 1 unspecified atom stereocenters. The van der Waals surface area contributed by atoms with E-state index in [1.807, 2.05) is 25.2 Å². The van der Waals surface area contributed by atoms with E-state index in [-0.39, 0.29) is 24.2 Å². The predicted octanol–water partition coefficient (Wildman–Crippen LogP) is 0.430. The highest BCUT2D eigenvalue weighted by Gasteiger charge is 2.33. The van der Waals surface area contributed by atoms with E-state index in [0.717, 1.165) is 12.1 Å². The highest BCUT2D eigenvalue weighted by atomic mass is 16.5. The van der Waals surface area contributed by atoms with Crippen LogP contribution in [0.3, 0.4) is 0 Å². The molecule has 0 aliphatic carbocycles. The molecule has 1 aliphatic heterocycles. The Labute approximate surface area is 148 Å². The number of nitrogens with zero attached hydrogens (tertiary/aromatic N) is 1. The summed E-state index contributed by atoms with van der Waals surface area (Å²) in [7, 11) is 5.03. The van der Waals surface area contributed by atoms with Crippen LogP contribution < -0.4 is 20.1 Å². The first kappa shape index (κ1) is 19.1. The number of ether oxygens (including phenoxy) is 2. The summed E-state index contributed by atoms with van der Waals surface area (Å²) in [6.07, 6.45) is 0.998. The quantitative estimate of drug-likeness (QED) is 0.632. The van der Waals surface area contributed by atoms with Gasteiger partial charge in [-0.25, -0.2) is 0 Å². The summed E-state index contributed by atoms with van der Waals surface area (Å²) in [4.78, 5) is 26.0. The van der Waals surface area contributed by atoms with Gasteiger partial charge in [0.25, 0.3) is 0 Å². The maximum absolute atomic E-state index is 12.2. The Morgan fingerprint density at radius 2 is 2.00 bits per heavy atom. The molecule has 25 heavy (non-hydrogen) atoms. The number of likely N-dealkylation sites (tertiary alicyclic amines) is 1. The summed E-state index contributed by atoms with van der Waals surface area (Å²) < 4.78 is 10.5. The molecule has 2 rings (SSSR count). The van der Waals surface area contributed by atoms with Crippen molar-refractivity contribution in [1.29, 1.82) is 0 Å². The second kappa shape index (κ2) is 9.27. The van der Waals surface area contributed by atoms with Gasteiger partial charge in [0.1, 0.15) is 0 Å². The van der Waals surface area contributed by atoms with E-state index < -0.39 is 0 Å². The highest BCUT2D eigenvalue weighted by molar-refractivity contribution is 5.89. The van der Waals surface area contributed by atoms with Crippen molar-refractivity contribution in [1.82, 2.24) is 15.5 Å². The normalized spacial score (nSPS) is 16.8. The molecular weight excluding hydrogens is 322 g/mol. The largest absolute Gasteiger partial charge is 0.493 e. The molecule has 1 aromatic rings. The Kier molecular flexibility index (Phi) is 7.06. The molecule has 1 aromatic carbocycles. The van der Waals surface area contributed by atoms with E-state index in [0.29, 0.717) is 37.6 Å². The van der Waals surface area contributed by atoms with Gasteiger partial charge in [0.2, 0.25) is 11.8 Å². The Morgan fingerprint density at radius 1 is 1.24 bits per heavy atom. The van der Waals surface area contributed by atoms with Gasteiger partial charge < -0.3 is 25.0 Å². The second-order valence-electron chi connectivity index (χ2n) is 6.07. The van der Waals surface area contributed by atoms with Gasteiger partial charge in [-0.3, -0.25) is 9.59 Å². The third-order valence-electron chi connectivity index (χ3n) is 4.38. The summed E-state index contributed by atoms with van der Waals surface area (Å²) in [5, 5.41) is 5.83. The van der Waals surface area contributed by atoms with Gasteiger partial charge in [0, 0.05) is 32.6 Å². The summed E-state index contributed by atoms with van der Waals surface area (Å²) in [6.45, 7) is 2.37. The molecule has 138 valence electrons. The third-order valence-corrected chi connectivity index (χ3v) is 4.38. The molecule has 7 nitrogen and oxygen atoms in total. The van der Waals surface area contributed by atoms with Gasteiger partial charge >= 0.3 is 0 Å². The first-order valence-electron chi connectivity index (χ1n) is 8.50. The Balaban J connectivity index is 1.87. The van der Waals surface area contributed by atoms with Crippen molar-refractivity contribution in [3.63, 3.8) is 0 Å². The average molecular weight is 349 g/mol. The van der Waals surface area contributed by atoms with E-state index in [2.05, 4.69) is 10.6 Å². The van der Waals surface area contributed by atoms with Gasteiger partial charge in [0.05, 0.1) is 20.1 Å². The smallest absolute Gasteiger partial charge is 0.225 e. The fraction of sp³-hybridized carbons (Fsp3) is 0.556. The van der Waals surface area contributed by atoms with E-state index in [4.69, 9.17) is 9.47 Å². The van der Waals surface area contributed by atoms with Crippen LogP contribution in [0.2, 0.25) is 0 Å². The monoisotopic (exact) mass is 349 g/mol. The maximum Gasteiger partial charge on any atom is 0.225 e. The number of rotatable bonds is 9. The summed E-state index contributed by atoms with van der Waals surface area (Å²) in [5.41, 5.74) is 1.06. The number of nitrogens with one attached hydrogen (secondary N) is 2. The molecule has 1 aliphatic rings. The van der Waals surface area contributed by atoms with Crippen LogP contribution in [0.5, 0.6) is 11.5 Å². The molecule has 1 atom stereocenters. The average Bonchev–Trinajstić information content (AvgIpc) is 3.00. The standard InChI is InChI=1S/C18H27N3O4/c1-19-7-8-20-18(23)14-11-17(22)21(12-14)9-6-13-4-5-15(24-2)16(10-13)25-3/h4-5,10,14,19H,6-9,11-12H2,1-3H3,(H,20,23). The van der Waals surface area contributed by atoms with Crippen LogP contribution in [0.4, 0.5) is 0 Å². The van der Waals surface area contributed by atoms with Crippen molar-refractivity contribution in [3.8, 4) is 11.5 Å². The van der Waals surface area contributed by atoms with Crippen LogP contribution in [0.25, 0.3) is 0 Å². The lowest BCUT2D eigenvalue weighted by Gasteiger charge is -2.17. The van der Waals surface area contributed by atoms with Crippen LogP contribution in [0.15, 0.2) is 18.2 Å². The van der Waals surface area contributed by atoms with Gasteiger partial charge in [-0.05, 0) is 31.2 Å². The topological polar surface area (TPSA) is 79.9 Å². The number of carbonyl (C=O) groups is 2. The number of hydrogen-bond acceptors (Lipinski definition) is 5. The van der Waals surface area contributed by atoms with Gasteiger partial charge in [-0.15, -0.1) is 0 Å². The van der Waals surface area contributed by atoms with Gasteiger partial charge in [-0.1, -0.05) is 6.07 Å². The van der Waals surface area contributed by atoms with E-state index in [1.54, 1.807) is 19.1 Å². The maximum atomic E-state index is 12.2. The highest BCUT2D eigenvalue weighted by Crippen LogP contribution is 2.28. The number of amides is 2. The van der Waals surface area contributed by atoms with Crippen molar-refractivity contribution >= 4 is 11.8 Å². The molecule has 0 radical (unpaired) electrons. The zero-order valence-electron chi connectivity index (χ0n) is 15.1. The summed E-state index contributed by atoms with van der Waals surface area (Å²) >= 11 is 0. The number of likely N-dealkylation sites (N-methyl/N-ethyl adjacent to an activating group) is 1. The third kappa shape index (κ3) is 5.09. The second-order valence-corrected chi connectivity index (χ2v) is 6.07. The van der Waals surface area contributed by atoms with E-state index >= 15 is 0 Å². The number of carbonyl (C=O) groups excluding carboxylic acids is 2. The zero-order chi connectivity index (χ0) is 18.2. The fourth-order valence-electron chi connectivity index (χ4n) is 2.92. The van der Waals surface area contributed by atoms with E-state index in [1.165, 1.54) is 0 Å². The van der Waals surface area contributed by atoms with Crippen molar-refractivity contribution in [2.24, 2.45) is 5.92 Å². The minimum Gasteiger partial charge on any atom is -0.493 e. The number of hydrogen-bond donors (Lipinski definition) is 2. The van der Waals surface area contributed by atoms with E-state index in [9.17, 15) is 9.59 Å². The number of methoxy groups -OCH3 is 2. The van der Waals surface area contributed by atoms with Crippen molar-refractivity contribution in [2.75, 3.05) is 47.4 Å². The Bertz CT molecular complexity index is 606. The minimum atomic E-state index is -0.255. The summed E-state index contributed by atoms with van der Waals surface area (Å²) in [6, 6.07) is 5.74. The number of benzene rings is 1. The molecule has 0 saturated carbocycles. The Hall–Kier alpha value is -2.28. The first-order chi connectivity index (χ1) is 12.1. The molecule has 1 saturated heterocycles. The molecule has 2 amide bonds. The lowest BCUT2D eigenvalue weighted by molar-refractivity contribution is -0.129. The van der Waals surface area contributed by atoms with Crippen molar-refractivity contribution in [2.45, 2.75) is 12.8 Å². The van der Waals surface area contributed by atoms with Crippen LogP contribution in [-0.4, -0.2) is 64.2 Å². The molecule has 1 fully saturated rings. The molecule has 7 heteroatoms. The molecule has 0 aromatic heterocycles. The summed E-state index contributed by atoms with van der Waals surface area (Å²) in [5.74, 6) is 1.09. The zero-order valence-corrected chi connectivity index (χ0v) is 15.1. The van der Waals surface area contributed by atoms with Gasteiger partial charge in [-0.2, -0.15) is 0 Å². The Morgan fingerprint density at radius 3 is 2.68 bits per heavy atom. The van der Waals surface area contributed by atoms with Crippen LogP contribution in [-0.2, 0) is 16.0 Å². The predicted molar refractivity (Wildman–Crippen MR) is 94.9 cm³/mol. The minimum absolute atomic E-state index is 0.0363. The van der Waals surface area contributed by atoms with Crippen LogP contribution >= 0.6 is 0 Å². The van der Waals surface area contributed by atoms with Crippen LogP contribution in [0, 0.1) is 5.92 Å². The van der Waals surface area contributed by atoms with Crippen molar-refractivity contribution in [3.05, 3.63) is 23.8 Å². The molecule has 1 heterocycles. The molecular formula is C18H27N3O4. The fourth-order valence-corrected chi connectivity index (χ4v) is 2.92. The SMILES string of the molecule is CNCCNC(=O)C1CC(=O)N(CCc2ccc(OC)c(OC)c2)C1. The lowest BCUT2D eigenvalue weighted by Crippen LogP contribution is -2.36. The lowest BCUT2D eigenvalue weighted by atomic mass is 10.1. The molecule has 0 spiro atoms. The molecule has 2 N–H and O–H groups in total. The molecule has 0 bridgehead atoms. The van der Waals surface area contributed by atoms with Gasteiger partial charge in [0.15, 0.2) is 11.5 Å². The van der Waals surface area contributed by atoms with Crippen molar-refractivity contribution < 1.29 is 19.1 Å². The van der Waals surface area contributed by atoms with Crippen LogP contribution in [0.1, 0.15) is 12.0 Å².